The van der Waals surface area contributed by atoms with Crippen molar-refractivity contribution < 1.29 is 24.2 Å². The van der Waals surface area contributed by atoms with Gasteiger partial charge in [-0.2, -0.15) is 0 Å². The van der Waals surface area contributed by atoms with E-state index >= 15 is 0 Å². The summed E-state index contributed by atoms with van der Waals surface area (Å²) < 4.78 is 10.5. The van der Waals surface area contributed by atoms with Gasteiger partial charge >= 0.3 is 5.97 Å². The summed E-state index contributed by atoms with van der Waals surface area (Å²) in [6.07, 6.45) is 1.26. The number of carbonyl (C=O) groups excluding carboxylic acids is 1. The van der Waals surface area contributed by atoms with E-state index in [9.17, 15) is 14.7 Å². The lowest BCUT2D eigenvalue weighted by molar-refractivity contribution is -0.144. The predicted octanol–water partition coefficient (Wildman–Crippen LogP) is 2.39. The van der Waals surface area contributed by atoms with E-state index in [0.29, 0.717) is 41.5 Å². The van der Waals surface area contributed by atoms with Gasteiger partial charge in [-0.15, -0.1) is 0 Å². The van der Waals surface area contributed by atoms with Crippen molar-refractivity contribution in [1.29, 1.82) is 0 Å². The van der Waals surface area contributed by atoms with Gasteiger partial charge in [-0.1, -0.05) is 11.6 Å². The highest BCUT2D eigenvalue weighted by atomic mass is 35.5. The van der Waals surface area contributed by atoms with Crippen molar-refractivity contribution in [1.82, 2.24) is 4.90 Å². The minimum absolute atomic E-state index is 0.0773. The molecule has 6 nitrogen and oxygen atoms in total. The number of likely N-dealkylation sites (tertiary alicyclic amines) is 1. The molecule has 1 fully saturated rings. The van der Waals surface area contributed by atoms with Crippen LogP contribution in [0.4, 0.5) is 0 Å². The Hall–Kier alpha value is -1.95. The number of amides is 1. The SMILES string of the molecule is C[C@@H]1[C@H](C(=O)O)CCCN1C(=O)c1cc(Cl)c2c(c1)OCO2. The molecule has 3 rings (SSSR count). The Labute approximate surface area is 132 Å². The molecule has 118 valence electrons. The first-order valence-electron chi connectivity index (χ1n) is 7.12. The van der Waals surface area contributed by atoms with Gasteiger partial charge in [-0.25, -0.2) is 0 Å². The number of fused-ring (bicyclic) bond motifs is 1. The molecule has 1 aromatic rings. The second kappa shape index (κ2) is 5.68. The van der Waals surface area contributed by atoms with Crippen LogP contribution in [0.5, 0.6) is 11.5 Å². The summed E-state index contributed by atoms with van der Waals surface area (Å²) >= 11 is 6.10. The molecule has 1 saturated heterocycles. The zero-order valence-corrected chi connectivity index (χ0v) is 12.8. The van der Waals surface area contributed by atoms with E-state index in [-0.39, 0.29) is 18.7 Å². The van der Waals surface area contributed by atoms with Crippen LogP contribution in [0.1, 0.15) is 30.1 Å². The number of hydrogen-bond donors (Lipinski definition) is 1. The van der Waals surface area contributed by atoms with E-state index < -0.39 is 11.9 Å². The quantitative estimate of drug-likeness (QED) is 0.903. The second-order valence-electron chi connectivity index (χ2n) is 5.52. The van der Waals surface area contributed by atoms with Crippen molar-refractivity contribution in [3.05, 3.63) is 22.7 Å². The fraction of sp³-hybridized carbons (Fsp3) is 0.467. The fourth-order valence-electron chi connectivity index (χ4n) is 3.02. The average molecular weight is 326 g/mol. The molecular formula is C15H16ClNO5. The van der Waals surface area contributed by atoms with Crippen LogP contribution in [0.25, 0.3) is 0 Å². The molecule has 2 atom stereocenters. The number of carboxylic acid groups (broad SMARTS) is 1. The van der Waals surface area contributed by atoms with Crippen LogP contribution in [0.3, 0.4) is 0 Å². The minimum Gasteiger partial charge on any atom is -0.481 e. The van der Waals surface area contributed by atoms with E-state index in [4.69, 9.17) is 21.1 Å². The highest BCUT2D eigenvalue weighted by molar-refractivity contribution is 6.32. The molecule has 22 heavy (non-hydrogen) atoms. The molecule has 0 aliphatic carbocycles. The first-order valence-corrected chi connectivity index (χ1v) is 7.49. The number of carboxylic acids is 1. The monoisotopic (exact) mass is 325 g/mol. The van der Waals surface area contributed by atoms with Crippen molar-refractivity contribution in [3.63, 3.8) is 0 Å². The molecule has 0 unspecified atom stereocenters. The van der Waals surface area contributed by atoms with Gasteiger partial charge in [-0.05, 0) is 31.9 Å². The Morgan fingerprint density at radius 1 is 1.36 bits per heavy atom. The maximum Gasteiger partial charge on any atom is 0.308 e. The molecule has 0 aromatic heterocycles. The van der Waals surface area contributed by atoms with Crippen LogP contribution in [-0.4, -0.2) is 41.3 Å². The number of rotatable bonds is 2. The van der Waals surface area contributed by atoms with Crippen molar-refractivity contribution >= 4 is 23.5 Å². The number of aliphatic carboxylic acids is 1. The van der Waals surface area contributed by atoms with Gasteiger partial charge in [0.1, 0.15) is 0 Å². The summed E-state index contributed by atoms with van der Waals surface area (Å²) in [5, 5.41) is 9.57. The van der Waals surface area contributed by atoms with Crippen LogP contribution in [0, 0.1) is 5.92 Å². The Morgan fingerprint density at radius 2 is 2.14 bits per heavy atom. The standard InChI is InChI=1S/C15H16ClNO5/c1-8-10(15(19)20)3-2-4-17(8)14(18)9-5-11(16)13-12(6-9)21-7-22-13/h5-6,8,10H,2-4,7H2,1H3,(H,19,20)/t8-,10-/m1/s1. The lowest BCUT2D eigenvalue weighted by Crippen LogP contribution is -2.49. The van der Waals surface area contributed by atoms with E-state index in [0.717, 1.165) is 0 Å². The molecule has 0 bridgehead atoms. The Balaban J connectivity index is 1.87. The summed E-state index contributed by atoms with van der Waals surface area (Å²) in [4.78, 5) is 25.6. The number of benzene rings is 1. The topological polar surface area (TPSA) is 76.1 Å². The van der Waals surface area contributed by atoms with E-state index in [2.05, 4.69) is 0 Å². The number of carbonyl (C=O) groups is 2. The molecule has 1 aromatic carbocycles. The molecule has 2 aliphatic heterocycles. The number of piperidine rings is 1. The average Bonchev–Trinajstić information content (AvgIpc) is 2.95. The van der Waals surface area contributed by atoms with Gasteiger partial charge in [0.05, 0.1) is 10.9 Å². The molecule has 0 radical (unpaired) electrons. The molecule has 7 heteroatoms. The minimum atomic E-state index is -0.867. The molecule has 2 heterocycles. The molecule has 2 aliphatic rings. The van der Waals surface area contributed by atoms with Gasteiger partial charge in [0.25, 0.3) is 5.91 Å². The highest BCUT2D eigenvalue weighted by Crippen LogP contribution is 2.40. The summed E-state index contributed by atoms with van der Waals surface area (Å²) in [6, 6.07) is 2.77. The summed E-state index contributed by atoms with van der Waals surface area (Å²) in [6.45, 7) is 2.38. The molecule has 1 N–H and O–H groups in total. The number of nitrogens with zero attached hydrogens (tertiary/aromatic N) is 1. The predicted molar refractivity (Wildman–Crippen MR) is 78.4 cm³/mol. The summed E-state index contributed by atoms with van der Waals surface area (Å²) in [5.41, 5.74) is 0.382. The van der Waals surface area contributed by atoms with Crippen molar-refractivity contribution in [3.8, 4) is 11.5 Å². The Kier molecular flexibility index (Phi) is 3.87. The molecule has 0 spiro atoms. The number of ether oxygens (including phenoxy) is 2. The van der Waals surface area contributed by atoms with E-state index in [1.165, 1.54) is 6.07 Å². The second-order valence-corrected chi connectivity index (χ2v) is 5.93. The smallest absolute Gasteiger partial charge is 0.308 e. The van der Waals surface area contributed by atoms with Gasteiger partial charge in [0, 0.05) is 18.2 Å². The molecule has 0 saturated carbocycles. The van der Waals surface area contributed by atoms with E-state index in [1.807, 2.05) is 0 Å². The van der Waals surface area contributed by atoms with Crippen LogP contribution in [-0.2, 0) is 4.79 Å². The van der Waals surface area contributed by atoms with Crippen LogP contribution in [0.2, 0.25) is 5.02 Å². The largest absolute Gasteiger partial charge is 0.481 e. The van der Waals surface area contributed by atoms with Crippen molar-refractivity contribution in [2.75, 3.05) is 13.3 Å². The van der Waals surface area contributed by atoms with Crippen molar-refractivity contribution in [2.24, 2.45) is 5.92 Å². The van der Waals surface area contributed by atoms with E-state index in [1.54, 1.807) is 17.9 Å². The van der Waals surface area contributed by atoms with Crippen LogP contribution in [0.15, 0.2) is 12.1 Å². The summed E-state index contributed by atoms with van der Waals surface area (Å²) in [7, 11) is 0. The normalized spacial score (nSPS) is 23.5. The lowest BCUT2D eigenvalue weighted by atomic mass is 9.90. The maximum absolute atomic E-state index is 12.7. The molecule has 1 amide bonds. The van der Waals surface area contributed by atoms with Gasteiger partial charge in [0.2, 0.25) is 6.79 Å². The lowest BCUT2D eigenvalue weighted by Gasteiger charge is -2.37. The maximum atomic E-state index is 12.7. The highest BCUT2D eigenvalue weighted by Gasteiger charge is 2.36. The van der Waals surface area contributed by atoms with Crippen LogP contribution >= 0.6 is 11.6 Å². The summed E-state index contributed by atoms with van der Waals surface area (Å²) in [5.74, 6) is -0.766. The third kappa shape index (κ3) is 2.47. The zero-order valence-electron chi connectivity index (χ0n) is 12.0. The zero-order chi connectivity index (χ0) is 15.9. The third-order valence-electron chi connectivity index (χ3n) is 4.24. The molecular weight excluding hydrogens is 310 g/mol. The fourth-order valence-corrected chi connectivity index (χ4v) is 3.28. The Morgan fingerprint density at radius 3 is 2.86 bits per heavy atom. The Bertz CT molecular complexity index is 633. The van der Waals surface area contributed by atoms with Gasteiger partial charge in [-0.3, -0.25) is 9.59 Å². The number of halogens is 1. The van der Waals surface area contributed by atoms with Gasteiger partial charge < -0.3 is 19.5 Å². The number of hydrogen-bond acceptors (Lipinski definition) is 4. The van der Waals surface area contributed by atoms with Crippen molar-refractivity contribution in [2.45, 2.75) is 25.8 Å². The first kappa shape index (κ1) is 15.0. The first-order chi connectivity index (χ1) is 10.5. The van der Waals surface area contributed by atoms with Gasteiger partial charge in [0.15, 0.2) is 11.5 Å². The third-order valence-corrected chi connectivity index (χ3v) is 4.52. The van der Waals surface area contributed by atoms with Crippen LogP contribution < -0.4 is 9.47 Å².